The molecule has 1 aromatic carbocycles. The molecule has 1 atom stereocenters. The van der Waals surface area contributed by atoms with Crippen LogP contribution in [0.1, 0.15) is 48.3 Å². The molecule has 1 unspecified atom stereocenters. The summed E-state index contributed by atoms with van der Waals surface area (Å²) in [4.78, 5) is 12.2. The first-order chi connectivity index (χ1) is 14.1. The van der Waals surface area contributed by atoms with Gasteiger partial charge in [0.1, 0.15) is 0 Å². The third-order valence-corrected chi connectivity index (χ3v) is 4.12. The van der Waals surface area contributed by atoms with E-state index in [9.17, 15) is 4.79 Å². The Hall–Kier alpha value is -2.22. The molecule has 29 heavy (non-hydrogen) atoms. The van der Waals surface area contributed by atoms with E-state index in [4.69, 9.17) is 14.2 Å². The number of benzene rings is 1. The minimum absolute atomic E-state index is 0.107. The van der Waals surface area contributed by atoms with E-state index < -0.39 is 0 Å². The fourth-order valence-corrected chi connectivity index (χ4v) is 2.51. The highest BCUT2D eigenvalue weighted by Gasteiger charge is 2.10. The van der Waals surface area contributed by atoms with Crippen molar-refractivity contribution >= 4 is 5.91 Å². The molecule has 0 fully saturated rings. The van der Waals surface area contributed by atoms with Gasteiger partial charge in [0.05, 0.1) is 45.3 Å². The van der Waals surface area contributed by atoms with Crippen LogP contribution in [-0.2, 0) is 14.2 Å². The Bertz CT molecular complexity index is 686. The summed E-state index contributed by atoms with van der Waals surface area (Å²) < 4.78 is 17.5. The number of nitrogens with one attached hydrogen (secondary N) is 1. The number of carbonyl (C=O) groups is 1. The smallest absolute Gasteiger partial charge is 0.251 e. The minimum Gasteiger partial charge on any atom is -0.382 e. The standard InChI is InChI=1S/C20H29N3O4.C2H6/c1-16-14-22-23(15-16)17(2)18-4-6-19(7-5-18)20(24)21-8-9-26-12-13-27-11-10-25-3;1-2/h4-7,14-15,17H,8-13H2,1-3H3,(H,21,24);1-2H3. The number of ether oxygens (including phenoxy) is 3. The number of methoxy groups -OCH3 is 1. The van der Waals surface area contributed by atoms with Gasteiger partial charge in [-0.05, 0) is 37.1 Å². The monoisotopic (exact) mass is 405 g/mol. The lowest BCUT2D eigenvalue weighted by Crippen LogP contribution is -2.27. The lowest BCUT2D eigenvalue weighted by atomic mass is 10.1. The first-order valence-electron chi connectivity index (χ1n) is 10.1. The maximum absolute atomic E-state index is 12.2. The summed E-state index contributed by atoms with van der Waals surface area (Å²) in [5.41, 5.74) is 2.86. The number of aryl methyl sites for hydroxylation is 1. The second-order valence-electron chi connectivity index (χ2n) is 6.27. The number of hydrogen-bond acceptors (Lipinski definition) is 5. The molecule has 0 saturated heterocycles. The zero-order valence-electron chi connectivity index (χ0n) is 18.3. The number of hydrogen-bond donors (Lipinski definition) is 1. The summed E-state index contributed by atoms with van der Waals surface area (Å²) in [6.45, 7) is 11.2. The Morgan fingerprint density at radius 2 is 1.69 bits per heavy atom. The van der Waals surface area contributed by atoms with Crippen molar-refractivity contribution in [3.8, 4) is 0 Å². The van der Waals surface area contributed by atoms with Gasteiger partial charge in [0.25, 0.3) is 5.91 Å². The summed E-state index contributed by atoms with van der Waals surface area (Å²) in [5.74, 6) is -0.107. The molecule has 0 saturated carbocycles. The van der Waals surface area contributed by atoms with Gasteiger partial charge in [-0.25, -0.2) is 0 Å². The van der Waals surface area contributed by atoms with Crippen molar-refractivity contribution in [3.05, 3.63) is 53.3 Å². The molecule has 1 amide bonds. The van der Waals surface area contributed by atoms with Crippen LogP contribution in [0.5, 0.6) is 0 Å². The van der Waals surface area contributed by atoms with E-state index >= 15 is 0 Å². The Balaban J connectivity index is 0.00000204. The highest BCUT2D eigenvalue weighted by molar-refractivity contribution is 5.94. The molecule has 2 aromatic rings. The normalized spacial score (nSPS) is 11.5. The molecule has 0 aliphatic heterocycles. The van der Waals surface area contributed by atoms with Crippen LogP contribution in [0.4, 0.5) is 0 Å². The van der Waals surface area contributed by atoms with Gasteiger partial charge < -0.3 is 19.5 Å². The maximum Gasteiger partial charge on any atom is 0.251 e. The van der Waals surface area contributed by atoms with Gasteiger partial charge in [-0.2, -0.15) is 5.10 Å². The molecular formula is C22H35N3O4. The fraction of sp³-hybridized carbons (Fsp3) is 0.545. The summed E-state index contributed by atoms with van der Waals surface area (Å²) in [6.07, 6.45) is 3.85. The zero-order valence-corrected chi connectivity index (χ0v) is 18.3. The minimum atomic E-state index is -0.107. The summed E-state index contributed by atoms with van der Waals surface area (Å²) in [7, 11) is 1.64. The molecule has 1 N–H and O–H groups in total. The average Bonchev–Trinajstić information content (AvgIpc) is 3.19. The predicted molar refractivity (Wildman–Crippen MR) is 114 cm³/mol. The fourth-order valence-electron chi connectivity index (χ4n) is 2.51. The highest BCUT2D eigenvalue weighted by Crippen LogP contribution is 2.18. The van der Waals surface area contributed by atoms with Gasteiger partial charge in [-0.15, -0.1) is 0 Å². The Morgan fingerprint density at radius 1 is 1.07 bits per heavy atom. The van der Waals surface area contributed by atoms with E-state index in [0.717, 1.165) is 11.1 Å². The lowest BCUT2D eigenvalue weighted by Gasteiger charge is -2.13. The number of nitrogens with zero attached hydrogens (tertiary/aromatic N) is 2. The first kappa shape index (κ1) is 24.8. The molecule has 0 radical (unpaired) electrons. The van der Waals surface area contributed by atoms with Crippen molar-refractivity contribution in [1.29, 1.82) is 0 Å². The van der Waals surface area contributed by atoms with Crippen LogP contribution in [0.3, 0.4) is 0 Å². The van der Waals surface area contributed by atoms with Crippen LogP contribution in [0.25, 0.3) is 0 Å². The average molecular weight is 406 g/mol. The second kappa shape index (κ2) is 14.7. The van der Waals surface area contributed by atoms with Crippen LogP contribution in [0.2, 0.25) is 0 Å². The van der Waals surface area contributed by atoms with Crippen LogP contribution < -0.4 is 5.32 Å². The van der Waals surface area contributed by atoms with E-state index in [1.807, 2.05) is 62.1 Å². The van der Waals surface area contributed by atoms with Crippen molar-refractivity contribution in [2.75, 3.05) is 46.7 Å². The summed E-state index contributed by atoms with van der Waals surface area (Å²) >= 11 is 0. The van der Waals surface area contributed by atoms with E-state index in [1.165, 1.54) is 0 Å². The number of aromatic nitrogens is 2. The third kappa shape index (κ3) is 9.21. The van der Waals surface area contributed by atoms with Gasteiger partial charge in [-0.1, -0.05) is 26.0 Å². The van der Waals surface area contributed by atoms with Crippen LogP contribution in [-0.4, -0.2) is 62.4 Å². The summed E-state index contributed by atoms with van der Waals surface area (Å²) in [6, 6.07) is 7.72. The molecular weight excluding hydrogens is 370 g/mol. The molecule has 1 aromatic heterocycles. The molecule has 0 spiro atoms. The molecule has 7 heteroatoms. The Morgan fingerprint density at radius 3 is 2.28 bits per heavy atom. The van der Waals surface area contributed by atoms with Crippen LogP contribution in [0, 0.1) is 6.92 Å². The van der Waals surface area contributed by atoms with E-state index in [0.29, 0.717) is 45.1 Å². The largest absolute Gasteiger partial charge is 0.382 e. The number of rotatable bonds is 12. The van der Waals surface area contributed by atoms with Crippen LogP contribution >= 0.6 is 0 Å². The number of carbonyl (C=O) groups excluding carboxylic acids is 1. The number of amides is 1. The quantitative estimate of drug-likeness (QED) is 0.549. The van der Waals surface area contributed by atoms with Crippen molar-refractivity contribution in [1.82, 2.24) is 15.1 Å². The van der Waals surface area contributed by atoms with Gasteiger partial charge >= 0.3 is 0 Å². The van der Waals surface area contributed by atoms with Gasteiger partial charge in [-0.3, -0.25) is 9.48 Å². The first-order valence-corrected chi connectivity index (χ1v) is 10.1. The third-order valence-electron chi connectivity index (χ3n) is 4.12. The van der Waals surface area contributed by atoms with E-state index in [-0.39, 0.29) is 11.9 Å². The Kier molecular flexibility index (Phi) is 12.6. The van der Waals surface area contributed by atoms with E-state index in [2.05, 4.69) is 17.3 Å². The molecule has 0 aliphatic carbocycles. The topological polar surface area (TPSA) is 74.6 Å². The SMILES string of the molecule is CC.COCCOCCOCCNC(=O)c1ccc(C(C)n2cc(C)cn2)cc1. The zero-order chi connectivity index (χ0) is 21.5. The van der Waals surface area contributed by atoms with Gasteiger partial charge in [0.15, 0.2) is 0 Å². The molecule has 1 heterocycles. The molecule has 7 nitrogen and oxygen atoms in total. The van der Waals surface area contributed by atoms with Gasteiger partial charge in [0.2, 0.25) is 0 Å². The van der Waals surface area contributed by atoms with Crippen molar-refractivity contribution in [2.24, 2.45) is 0 Å². The second-order valence-corrected chi connectivity index (χ2v) is 6.27. The molecule has 0 bridgehead atoms. The van der Waals surface area contributed by atoms with Crippen molar-refractivity contribution in [2.45, 2.75) is 33.7 Å². The lowest BCUT2D eigenvalue weighted by molar-refractivity contribution is 0.0255. The van der Waals surface area contributed by atoms with Crippen LogP contribution in [0.15, 0.2) is 36.7 Å². The molecule has 2 rings (SSSR count). The van der Waals surface area contributed by atoms with Crippen molar-refractivity contribution in [3.63, 3.8) is 0 Å². The predicted octanol–water partition coefficient (Wildman–Crippen LogP) is 3.24. The Labute approximate surface area is 174 Å². The molecule has 162 valence electrons. The van der Waals surface area contributed by atoms with Gasteiger partial charge in [0, 0.05) is 25.4 Å². The highest BCUT2D eigenvalue weighted by atomic mass is 16.5. The van der Waals surface area contributed by atoms with Crippen molar-refractivity contribution < 1.29 is 19.0 Å². The summed E-state index contributed by atoms with van der Waals surface area (Å²) in [5, 5.41) is 7.20. The maximum atomic E-state index is 12.2. The van der Waals surface area contributed by atoms with E-state index in [1.54, 1.807) is 7.11 Å². The molecule has 0 aliphatic rings.